The first-order valence-electron chi connectivity index (χ1n) is 7.72. The van der Waals surface area contributed by atoms with Crippen LogP contribution < -0.4 is 5.32 Å². The monoisotopic (exact) mass is 347 g/mol. The van der Waals surface area contributed by atoms with Crippen molar-refractivity contribution in [3.05, 3.63) is 64.9 Å². The van der Waals surface area contributed by atoms with Gasteiger partial charge in [-0.25, -0.2) is 4.79 Å². The zero-order valence-electron chi connectivity index (χ0n) is 14.1. The zero-order chi connectivity index (χ0) is 17.5. The van der Waals surface area contributed by atoms with Crippen LogP contribution in [0.2, 0.25) is 5.02 Å². The summed E-state index contributed by atoms with van der Waals surface area (Å²) in [6.45, 7) is 2.29. The summed E-state index contributed by atoms with van der Waals surface area (Å²) in [5.41, 5.74) is 1.76. The Morgan fingerprint density at radius 3 is 2.75 bits per heavy atom. The first-order valence-corrected chi connectivity index (χ1v) is 8.10. The molecule has 0 bridgehead atoms. The van der Waals surface area contributed by atoms with Crippen LogP contribution in [0.4, 0.5) is 4.79 Å². The summed E-state index contributed by atoms with van der Waals surface area (Å²) in [6.07, 6.45) is 1.46. The van der Waals surface area contributed by atoms with Crippen molar-refractivity contribution in [3.8, 4) is 0 Å². The molecule has 0 saturated carbocycles. The number of hydrogen-bond donors (Lipinski definition) is 1. The van der Waals surface area contributed by atoms with Crippen LogP contribution in [0.25, 0.3) is 0 Å². The third kappa shape index (κ3) is 4.69. The van der Waals surface area contributed by atoms with Crippen LogP contribution in [0.3, 0.4) is 0 Å². The van der Waals surface area contributed by atoms with E-state index in [2.05, 4.69) is 10.3 Å². The number of rotatable bonds is 6. The Bertz CT molecular complexity index is 666. The third-order valence-corrected chi connectivity index (χ3v) is 4.20. The molecule has 2 atom stereocenters. The van der Waals surface area contributed by atoms with Crippen LogP contribution in [-0.4, -0.2) is 36.6 Å². The maximum Gasteiger partial charge on any atom is 0.317 e. The first kappa shape index (κ1) is 18.2. The van der Waals surface area contributed by atoms with Crippen molar-refractivity contribution in [1.29, 1.82) is 0 Å². The van der Waals surface area contributed by atoms with Crippen LogP contribution in [0.1, 0.15) is 30.3 Å². The van der Waals surface area contributed by atoms with Crippen LogP contribution in [0, 0.1) is 0 Å². The van der Waals surface area contributed by atoms with Crippen LogP contribution in [0.5, 0.6) is 0 Å². The van der Waals surface area contributed by atoms with Gasteiger partial charge in [-0.1, -0.05) is 29.8 Å². The minimum absolute atomic E-state index is 0.127. The molecule has 0 aliphatic carbocycles. The van der Waals surface area contributed by atoms with E-state index in [-0.39, 0.29) is 18.2 Å². The molecule has 24 heavy (non-hydrogen) atoms. The Morgan fingerprint density at radius 2 is 2.12 bits per heavy atom. The first-order chi connectivity index (χ1) is 11.5. The molecule has 128 valence electrons. The minimum atomic E-state index is -0.258. The second-order valence-corrected chi connectivity index (χ2v) is 5.94. The predicted octanol–water partition coefficient (Wildman–Crippen LogP) is 3.83. The molecule has 0 spiro atoms. The number of benzene rings is 1. The standard InChI is InChI=1S/C18H22ClN3O2/c1-13(16-9-4-5-10-20-16)22(2)18(23)21-12-17(24-3)14-7-6-8-15(19)11-14/h4-11,13,17H,12H2,1-3H3,(H,21,23)/t13-,17+/m1/s1. The van der Waals surface area contributed by atoms with Gasteiger partial charge in [0.05, 0.1) is 17.8 Å². The lowest BCUT2D eigenvalue weighted by Gasteiger charge is -2.26. The Morgan fingerprint density at radius 1 is 1.33 bits per heavy atom. The zero-order valence-corrected chi connectivity index (χ0v) is 14.8. The number of nitrogens with one attached hydrogen (secondary N) is 1. The van der Waals surface area contributed by atoms with Crippen molar-refractivity contribution in [2.24, 2.45) is 0 Å². The molecule has 0 radical (unpaired) electrons. The molecule has 0 fully saturated rings. The molecule has 2 aromatic rings. The molecular weight excluding hydrogens is 326 g/mol. The van der Waals surface area contributed by atoms with Gasteiger partial charge in [0.25, 0.3) is 0 Å². The van der Waals surface area contributed by atoms with E-state index in [0.29, 0.717) is 11.6 Å². The van der Waals surface area contributed by atoms with E-state index >= 15 is 0 Å². The van der Waals surface area contributed by atoms with Gasteiger partial charge >= 0.3 is 6.03 Å². The summed E-state index contributed by atoms with van der Waals surface area (Å²) in [4.78, 5) is 18.3. The summed E-state index contributed by atoms with van der Waals surface area (Å²) in [7, 11) is 3.35. The van der Waals surface area contributed by atoms with E-state index in [9.17, 15) is 4.79 Å². The average molecular weight is 348 g/mol. The Kier molecular flexibility index (Phi) is 6.58. The number of aromatic nitrogens is 1. The molecule has 1 aromatic heterocycles. The lowest BCUT2D eigenvalue weighted by atomic mass is 10.1. The number of nitrogens with zero attached hydrogens (tertiary/aromatic N) is 2. The number of amides is 2. The summed E-state index contributed by atoms with van der Waals surface area (Å²) in [6, 6.07) is 12.8. The maximum absolute atomic E-state index is 12.4. The van der Waals surface area contributed by atoms with Crippen molar-refractivity contribution >= 4 is 17.6 Å². The highest BCUT2D eigenvalue weighted by molar-refractivity contribution is 6.30. The molecule has 2 rings (SSSR count). The van der Waals surface area contributed by atoms with Gasteiger partial charge in [0.1, 0.15) is 0 Å². The second-order valence-electron chi connectivity index (χ2n) is 5.51. The van der Waals surface area contributed by atoms with Crippen LogP contribution in [0.15, 0.2) is 48.7 Å². The van der Waals surface area contributed by atoms with E-state index in [1.807, 2.05) is 43.3 Å². The lowest BCUT2D eigenvalue weighted by molar-refractivity contribution is 0.101. The van der Waals surface area contributed by atoms with Gasteiger partial charge in [0.2, 0.25) is 0 Å². The molecule has 5 nitrogen and oxygen atoms in total. The molecule has 0 unspecified atom stereocenters. The van der Waals surface area contributed by atoms with Gasteiger partial charge in [-0.05, 0) is 36.8 Å². The molecule has 1 aromatic carbocycles. The SMILES string of the molecule is CO[C@@H](CNC(=O)N(C)[C@H](C)c1ccccn1)c1cccc(Cl)c1. The van der Waals surface area contributed by atoms with Crippen molar-refractivity contribution in [3.63, 3.8) is 0 Å². The van der Waals surface area contributed by atoms with Crippen LogP contribution >= 0.6 is 11.6 Å². The number of carbonyl (C=O) groups is 1. The van der Waals surface area contributed by atoms with Crippen molar-refractivity contribution in [2.45, 2.75) is 19.1 Å². The normalized spacial score (nSPS) is 13.2. The van der Waals surface area contributed by atoms with Gasteiger partial charge in [-0.2, -0.15) is 0 Å². The molecule has 1 heterocycles. The lowest BCUT2D eigenvalue weighted by Crippen LogP contribution is -2.40. The topological polar surface area (TPSA) is 54.5 Å². The minimum Gasteiger partial charge on any atom is -0.375 e. The molecule has 0 saturated heterocycles. The van der Waals surface area contributed by atoms with Crippen molar-refractivity contribution in [2.75, 3.05) is 20.7 Å². The molecule has 6 heteroatoms. The van der Waals surface area contributed by atoms with Gasteiger partial charge in [0, 0.05) is 31.9 Å². The summed E-state index contributed by atoms with van der Waals surface area (Å²) < 4.78 is 5.46. The van der Waals surface area contributed by atoms with Gasteiger partial charge < -0.3 is 15.0 Å². The molecular formula is C18H22ClN3O2. The predicted molar refractivity (Wildman–Crippen MR) is 95.0 cm³/mol. The van der Waals surface area contributed by atoms with E-state index in [1.54, 1.807) is 31.3 Å². The van der Waals surface area contributed by atoms with Crippen LogP contribution in [-0.2, 0) is 4.74 Å². The fourth-order valence-corrected chi connectivity index (χ4v) is 2.54. The quantitative estimate of drug-likeness (QED) is 0.864. The smallest absolute Gasteiger partial charge is 0.317 e. The fourth-order valence-electron chi connectivity index (χ4n) is 2.35. The second kappa shape index (κ2) is 8.66. The molecule has 1 N–H and O–H groups in total. The number of ether oxygens (including phenoxy) is 1. The molecule has 2 amide bonds. The number of carbonyl (C=O) groups excluding carboxylic acids is 1. The number of pyridine rings is 1. The van der Waals surface area contributed by atoms with Crippen molar-refractivity contribution < 1.29 is 9.53 Å². The number of urea groups is 1. The Hall–Kier alpha value is -2.11. The van der Waals surface area contributed by atoms with E-state index in [1.165, 1.54) is 0 Å². The third-order valence-electron chi connectivity index (χ3n) is 3.96. The largest absolute Gasteiger partial charge is 0.375 e. The Balaban J connectivity index is 1.96. The number of methoxy groups -OCH3 is 1. The van der Waals surface area contributed by atoms with Gasteiger partial charge in [-0.15, -0.1) is 0 Å². The fraction of sp³-hybridized carbons (Fsp3) is 0.333. The summed E-state index contributed by atoms with van der Waals surface area (Å²) in [5, 5.41) is 3.53. The van der Waals surface area contributed by atoms with E-state index < -0.39 is 0 Å². The van der Waals surface area contributed by atoms with E-state index in [0.717, 1.165) is 11.3 Å². The van der Waals surface area contributed by atoms with Gasteiger partial charge in [0.15, 0.2) is 0 Å². The molecule has 0 aliphatic heterocycles. The maximum atomic E-state index is 12.4. The summed E-state index contributed by atoms with van der Waals surface area (Å²) in [5.74, 6) is 0. The summed E-state index contributed by atoms with van der Waals surface area (Å²) >= 11 is 6.01. The van der Waals surface area contributed by atoms with Crippen molar-refractivity contribution in [1.82, 2.24) is 15.2 Å². The van der Waals surface area contributed by atoms with Gasteiger partial charge in [-0.3, -0.25) is 4.98 Å². The number of hydrogen-bond acceptors (Lipinski definition) is 3. The highest BCUT2D eigenvalue weighted by Gasteiger charge is 2.19. The number of halogens is 1. The van der Waals surface area contributed by atoms with E-state index in [4.69, 9.17) is 16.3 Å². The Labute approximate surface area is 147 Å². The molecule has 0 aliphatic rings. The average Bonchev–Trinajstić information content (AvgIpc) is 2.61. The highest BCUT2D eigenvalue weighted by Crippen LogP contribution is 2.20. The highest BCUT2D eigenvalue weighted by atomic mass is 35.5.